The molecule has 0 saturated heterocycles. The highest BCUT2D eigenvalue weighted by atomic mass is 32.2. The lowest BCUT2D eigenvalue weighted by Gasteiger charge is -2.33. The molecule has 0 radical (unpaired) electrons. The highest BCUT2D eigenvalue weighted by Gasteiger charge is 2.33. The average molecular weight is 626 g/mol. The number of benzene rings is 3. The van der Waals surface area contributed by atoms with Crippen LogP contribution in [0.5, 0.6) is 11.5 Å². The fraction of sp³-hybridized carbons (Fsp3) is 0.394. The van der Waals surface area contributed by atoms with Crippen molar-refractivity contribution in [3.63, 3.8) is 0 Å². The van der Waals surface area contributed by atoms with Gasteiger partial charge in [0.1, 0.15) is 29.9 Å². The average Bonchev–Trinajstić information content (AvgIpc) is 3.03. The van der Waals surface area contributed by atoms with Crippen LogP contribution in [0.2, 0.25) is 0 Å². The first kappa shape index (κ1) is 32.8. The van der Waals surface area contributed by atoms with E-state index < -0.39 is 34.3 Å². The number of carbonyl (C=O) groups is 2. The molecule has 1 atom stereocenters. The van der Waals surface area contributed by atoms with E-state index in [1.54, 1.807) is 38.3 Å². The van der Waals surface area contributed by atoms with E-state index >= 15 is 0 Å². The van der Waals surface area contributed by atoms with Crippen LogP contribution >= 0.6 is 0 Å². The largest absolute Gasteiger partial charge is 0.497 e. The standard InChI is InChI=1S/C33H40FN3O6S/c1-4-43-30-18-20-31(21-19-30)44(40,41)37(28-14-12-26(34)13-15-28)23-32(38)36(22-25-10-16-29(42-3)17-11-25)24(2)33(39)35-27-8-6-5-7-9-27/h10-21,24,27H,4-9,22-23H2,1-3H3,(H,35,39)/t24-/m0/s1. The second-order valence-corrected chi connectivity index (χ2v) is 12.6. The van der Waals surface area contributed by atoms with E-state index in [0.29, 0.717) is 18.1 Å². The normalized spacial score (nSPS) is 14.4. The summed E-state index contributed by atoms with van der Waals surface area (Å²) in [7, 11) is -2.73. The van der Waals surface area contributed by atoms with Gasteiger partial charge in [0, 0.05) is 12.6 Å². The van der Waals surface area contributed by atoms with Gasteiger partial charge in [0.05, 0.1) is 24.3 Å². The minimum Gasteiger partial charge on any atom is -0.497 e. The van der Waals surface area contributed by atoms with Crippen molar-refractivity contribution in [3.8, 4) is 11.5 Å². The molecule has 1 fully saturated rings. The summed E-state index contributed by atoms with van der Waals surface area (Å²) >= 11 is 0. The number of carbonyl (C=O) groups excluding carboxylic acids is 2. The molecule has 0 aliphatic heterocycles. The van der Waals surface area contributed by atoms with Crippen molar-refractivity contribution in [2.24, 2.45) is 0 Å². The topological polar surface area (TPSA) is 105 Å². The maximum Gasteiger partial charge on any atom is 0.264 e. The Balaban J connectivity index is 1.66. The molecule has 1 N–H and O–H groups in total. The van der Waals surface area contributed by atoms with Crippen molar-refractivity contribution in [3.05, 3.63) is 84.2 Å². The Morgan fingerprint density at radius 2 is 1.55 bits per heavy atom. The Labute approximate surface area is 259 Å². The molecular formula is C33H40FN3O6S. The van der Waals surface area contributed by atoms with Gasteiger partial charge in [-0.25, -0.2) is 12.8 Å². The van der Waals surface area contributed by atoms with E-state index in [4.69, 9.17) is 9.47 Å². The molecule has 1 aliphatic carbocycles. The Morgan fingerprint density at radius 3 is 2.14 bits per heavy atom. The van der Waals surface area contributed by atoms with Crippen LogP contribution in [0.25, 0.3) is 0 Å². The Kier molecular flexibility index (Phi) is 11.2. The van der Waals surface area contributed by atoms with E-state index in [9.17, 15) is 22.4 Å². The fourth-order valence-electron chi connectivity index (χ4n) is 5.22. The van der Waals surface area contributed by atoms with Crippen LogP contribution in [-0.4, -0.2) is 57.5 Å². The number of nitrogens with zero attached hydrogens (tertiary/aromatic N) is 2. The second kappa shape index (κ2) is 15.1. The van der Waals surface area contributed by atoms with Crippen molar-refractivity contribution >= 4 is 27.5 Å². The monoisotopic (exact) mass is 625 g/mol. The number of methoxy groups -OCH3 is 1. The van der Waals surface area contributed by atoms with Gasteiger partial charge >= 0.3 is 0 Å². The predicted octanol–water partition coefficient (Wildman–Crippen LogP) is 5.29. The first-order valence-corrected chi connectivity index (χ1v) is 16.3. The van der Waals surface area contributed by atoms with E-state index in [0.717, 1.165) is 54.1 Å². The van der Waals surface area contributed by atoms with Gasteiger partial charge in [0.25, 0.3) is 10.0 Å². The van der Waals surface area contributed by atoms with Crippen LogP contribution in [0.15, 0.2) is 77.7 Å². The molecule has 2 amide bonds. The number of hydrogen-bond donors (Lipinski definition) is 1. The number of sulfonamides is 1. The number of nitrogens with one attached hydrogen (secondary N) is 1. The van der Waals surface area contributed by atoms with Crippen molar-refractivity contribution in [1.82, 2.24) is 10.2 Å². The lowest BCUT2D eigenvalue weighted by molar-refractivity contribution is -0.139. The molecule has 0 aromatic heterocycles. The predicted molar refractivity (Wildman–Crippen MR) is 167 cm³/mol. The zero-order chi connectivity index (χ0) is 31.7. The van der Waals surface area contributed by atoms with Gasteiger partial charge in [-0.15, -0.1) is 0 Å². The van der Waals surface area contributed by atoms with Crippen molar-refractivity contribution < 1.29 is 31.9 Å². The summed E-state index contributed by atoms with van der Waals surface area (Å²) in [5, 5.41) is 3.08. The van der Waals surface area contributed by atoms with Gasteiger partial charge in [0.15, 0.2) is 0 Å². The molecule has 0 spiro atoms. The van der Waals surface area contributed by atoms with Crippen LogP contribution in [0.3, 0.4) is 0 Å². The second-order valence-electron chi connectivity index (χ2n) is 10.8. The molecular weight excluding hydrogens is 585 g/mol. The molecule has 236 valence electrons. The molecule has 3 aromatic carbocycles. The van der Waals surface area contributed by atoms with Crippen molar-refractivity contribution in [1.29, 1.82) is 0 Å². The van der Waals surface area contributed by atoms with Crippen LogP contribution in [0.1, 0.15) is 51.5 Å². The maximum absolute atomic E-state index is 14.1. The van der Waals surface area contributed by atoms with Gasteiger partial charge in [-0.1, -0.05) is 31.4 Å². The molecule has 9 nitrogen and oxygen atoms in total. The van der Waals surface area contributed by atoms with Crippen LogP contribution in [-0.2, 0) is 26.2 Å². The molecule has 0 bridgehead atoms. The van der Waals surface area contributed by atoms with E-state index in [2.05, 4.69) is 5.32 Å². The lowest BCUT2D eigenvalue weighted by Crippen LogP contribution is -2.53. The van der Waals surface area contributed by atoms with Crippen LogP contribution < -0.4 is 19.1 Å². The lowest BCUT2D eigenvalue weighted by atomic mass is 9.95. The van der Waals surface area contributed by atoms with E-state index in [-0.39, 0.29) is 29.1 Å². The van der Waals surface area contributed by atoms with Gasteiger partial charge in [-0.2, -0.15) is 0 Å². The number of ether oxygens (including phenoxy) is 2. The van der Waals surface area contributed by atoms with E-state index in [1.807, 2.05) is 6.92 Å². The Hall–Kier alpha value is -4.12. The van der Waals surface area contributed by atoms with Gasteiger partial charge in [-0.3, -0.25) is 13.9 Å². The highest BCUT2D eigenvalue weighted by molar-refractivity contribution is 7.92. The maximum atomic E-state index is 14.1. The van der Waals surface area contributed by atoms with Gasteiger partial charge < -0.3 is 19.7 Å². The first-order valence-electron chi connectivity index (χ1n) is 14.9. The summed E-state index contributed by atoms with van der Waals surface area (Å²) in [6, 6.07) is 17.0. The van der Waals surface area contributed by atoms with Crippen molar-refractivity contribution in [2.75, 3.05) is 24.6 Å². The SMILES string of the molecule is CCOc1ccc(S(=O)(=O)N(CC(=O)N(Cc2ccc(OC)cc2)[C@@H](C)C(=O)NC2CCCCC2)c2ccc(F)cc2)cc1. The summed E-state index contributed by atoms with van der Waals surface area (Å²) in [5.74, 6) is -0.307. The third-order valence-electron chi connectivity index (χ3n) is 7.75. The van der Waals surface area contributed by atoms with Gasteiger partial charge in [-0.05, 0) is 92.9 Å². The van der Waals surface area contributed by atoms with Gasteiger partial charge in [0.2, 0.25) is 11.8 Å². The molecule has 1 saturated carbocycles. The minimum absolute atomic E-state index is 0.0346. The summed E-state index contributed by atoms with van der Waals surface area (Å²) in [5.41, 5.74) is 0.844. The molecule has 11 heteroatoms. The minimum atomic E-state index is -4.29. The summed E-state index contributed by atoms with van der Waals surface area (Å²) < 4.78 is 53.4. The number of amides is 2. The third kappa shape index (κ3) is 8.28. The summed E-state index contributed by atoms with van der Waals surface area (Å²) in [4.78, 5) is 28.8. The zero-order valence-corrected chi connectivity index (χ0v) is 26.2. The molecule has 0 heterocycles. The Morgan fingerprint density at radius 1 is 0.932 bits per heavy atom. The quantitative estimate of drug-likeness (QED) is 0.277. The molecule has 1 aliphatic rings. The smallest absolute Gasteiger partial charge is 0.264 e. The third-order valence-corrected chi connectivity index (χ3v) is 9.54. The number of anilines is 1. The first-order chi connectivity index (χ1) is 21.1. The van der Waals surface area contributed by atoms with E-state index in [1.165, 1.54) is 41.3 Å². The highest BCUT2D eigenvalue weighted by Crippen LogP contribution is 2.27. The molecule has 3 aromatic rings. The zero-order valence-electron chi connectivity index (χ0n) is 25.4. The number of halogens is 1. The Bertz CT molecular complexity index is 1490. The fourth-order valence-corrected chi connectivity index (χ4v) is 6.63. The van der Waals surface area contributed by atoms with Crippen LogP contribution in [0.4, 0.5) is 10.1 Å². The summed E-state index contributed by atoms with van der Waals surface area (Å²) in [6.45, 7) is 3.32. The summed E-state index contributed by atoms with van der Waals surface area (Å²) in [6.07, 6.45) is 4.95. The molecule has 44 heavy (non-hydrogen) atoms. The molecule has 4 rings (SSSR count). The number of rotatable bonds is 13. The van der Waals surface area contributed by atoms with Crippen LogP contribution in [0, 0.1) is 5.82 Å². The van der Waals surface area contributed by atoms with Crippen molar-refractivity contribution in [2.45, 2.75) is 69.5 Å². The number of hydrogen-bond acceptors (Lipinski definition) is 6. The molecule has 0 unspecified atom stereocenters.